The maximum absolute atomic E-state index is 10.9. The lowest BCUT2D eigenvalue weighted by atomic mass is 9.87. The molecule has 1 N–H and O–H groups in total. The lowest BCUT2D eigenvalue weighted by Crippen LogP contribution is -2.37. The third-order valence-electron chi connectivity index (χ3n) is 3.76. The molecule has 1 aliphatic rings. The van der Waals surface area contributed by atoms with Crippen molar-refractivity contribution < 1.29 is 14.6 Å². The molecular formula is C16H19N3O3. The molecular weight excluding hydrogens is 282 g/mol. The van der Waals surface area contributed by atoms with Gasteiger partial charge in [0.15, 0.2) is 0 Å². The highest BCUT2D eigenvalue weighted by Crippen LogP contribution is 2.33. The number of aliphatic hydroxyl groups is 1. The molecule has 0 atom stereocenters. The summed E-state index contributed by atoms with van der Waals surface area (Å²) in [7, 11) is 0. The summed E-state index contributed by atoms with van der Waals surface area (Å²) in [5, 5.41) is 15.0. The second-order valence-corrected chi connectivity index (χ2v) is 5.67. The summed E-state index contributed by atoms with van der Waals surface area (Å²) < 4.78 is 12.3. The molecule has 0 radical (unpaired) electrons. The smallest absolute Gasteiger partial charge is 0.146 e. The van der Waals surface area contributed by atoms with Crippen molar-refractivity contribution in [1.82, 2.24) is 14.8 Å². The van der Waals surface area contributed by atoms with Crippen LogP contribution in [0.5, 0.6) is 0 Å². The Morgan fingerprint density at radius 2 is 2.00 bits per heavy atom. The molecule has 0 amide bonds. The van der Waals surface area contributed by atoms with Gasteiger partial charge in [0, 0.05) is 6.42 Å². The minimum atomic E-state index is -0.589. The summed E-state index contributed by atoms with van der Waals surface area (Å²) in [5.74, 6) is 0.224. The molecule has 6 heteroatoms. The van der Waals surface area contributed by atoms with Crippen molar-refractivity contribution in [1.29, 1.82) is 0 Å². The van der Waals surface area contributed by atoms with E-state index in [4.69, 9.17) is 9.47 Å². The first kappa shape index (κ1) is 14.7. The summed E-state index contributed by atoms with van der Waals surface area (Å²) >= 11 is 0. The van der Waals surface area contributed by atoms with Crippen LogP contribution in [-0.4, -0.2) is 39.9 Å². The van der Waals surface area contributed by atoms with Crippen molar-refractivity contribution in [2.75, 3.05) is 20.0 Å². The molecule has 1 fully saturated rings. The van der Waals surface area contributed by atoms with Gasteiger partial charge < -0.3 is 14.6 Å². The number of rotatable bonds is 4. The third-order valence-corrected chi connectivity index (χ3v) is 3.76. The van der Waals surface area contributed by atoms with Gasteiger partial charge in [-0.2, -0.15) is 5.10 Å². The molecule has 0 aliphatic carbocycles. The van der Waals surface area contributed by atoms with E-state index in [9.17, 15) is 5.11 Å². The largest absolute Gasteiger partial charge is 0.510 e. The van der Waals surface area contributed by atoms with Crippen molar-refractivity contribution >= 4 is 5.70 Å². The van der Waals surface area contributed by atoms with Crippen LogP contribution < -0.4 is 0 Å². The summed E-state index contributed by atoms with van der Waals surface area (Å²) in [4.78, 5) is 3.98. The lowest BCUT2D eigenvalue weighted by molar-refractivity contribution is -0.155. The predicted molar refractivity (Wildman–Crippen MR) is 80.9 cm³/mol. The molecule has 0 bridgehead atoms. The van der Waals surface area contributed by atoms with E-state index < -0.39 is 5.41 Å². The molecule has 3 rings (SSSR count). The first-order chi connectivity index (χ1) is 10.7. The van der Waals surface area contributed by atoms with E-state index in [0.29, 0.717) is 25.3 Å². The molecule has 0 spiro atoms. The minimum Gasteiger partial charge on any atom is -0.510 e. The van der Waals surface area contributed by atoms with Gasteiger partial charge in [-0.25, -0.2) is 9.67 Å². The van der Waals surface area contributed by atoms with E-state index in [2.05, 4.69) is 10.1 Å². The van der Waals surface area contributed by atoms with Crippen molar-refractivity contribution in [3.63, 3.8) is 0 Å². The molecule has 22 heavy (non-hydrogen) atoms. The maximum Gasteiger partial charge on any atom is 0.146 e. The average Bonchev–Trinajstić information content (AvgIpc) is 3.08. The average molecular weight is 301 g/mol. The van der Waals surface area contributed by atoms with Crippen LogP contribution in [0.15, 0.2) is 48.7 Å². The first-order valence-electron chi connectivity index (χ1n) is 7.16. The molecule has 1 aromatic carbocycles. The number of benzene rings is 1. The van der Waals surface area contributed by atoms with Gasteiger partial charge in [-0.1, -0.05) is 30.3 Å². The number of hydrogen-bond acceptors (Lipinski definition) is 5. The third kappa shape index (κ3) is 3.03. The Hall–Kier alpha value is -2.18. The van der Waals surface area contributed by atoms with Crippen LogP contribution in [0.25, 0.3) is 5.70 Å². The molecule has 1 saturated heterocycles. The molecule has 0 saturated carbocycles. The number of aliphatic hydroxyl groups excluding tert-OH is 1. The predicted octanol–water partition coefficient (Wildman–Crippen LogP) is 2.26. The summed E-state index contributed by atoms with van der Waals surface area (Å²) in [6.07, 6.45) is 3.59. The summed E-state index contributed by atoms with van der Waals surface area (Å²) in [5.41, 5.74) is 1.18. The van der Waals surface area contributed by atoms with Crippen LogP contribution in [0.3, 0.4) is 0 Å². The number of aromatic nitrogens is 3. The summed E-state index contributed by atoms with van der Waals surface area (Å²) in [6.45, 7) is 3.00. The quantitative estimate of drug-likeness (QED) is 0.877. The maximum atomic E-state index is 10.9. The van der Waals surface area contributed by atoms with Crippen molar-refractivity contribution in [3.8, 4) is 0 Å². The fourth-order valence-corrected chi connectivity index (χ4v) is 2.53. The van der Waals surface area contributed by atoms with Crippen molar-refractivity contribution in [2.45, 2.75) is 13.3 Å². The van der Waals surface area contributed by atoms with Gasteiger partial charge in [0.25, 0.3) is 0 Å². The Bertz CT molecular complexity index is 632. The van der Waals surface area contributed by atoms with Crippen molar-refractivity contribution in [2.24, 2.45) is 5.41 Å². The molecule has 0 unspecified atom stereocenters. The Morgan fingerprint density at radius 3 is 2.64 bits per heavy atom. The Labute approximate surface area is 129 Å². The van der Waals surface area contributed by atoms with Gasteiger partial charge in [-0.05, 0) is 12.5 Å². The zero-order valence-corrected chi connectivity index (χ0v) is 12.5. The number of nitrogens with zero attached hydrogens (tertiary/aromatic N) is 3. The van der Waals surface area contributed by atoms with Crippen LogP contribution in [0.4, 0.5) is 0 Å². The molecule has 2 aromatic rings. The highest BCUT2D eigenvalue weighted by atomic mass is 16.7. The number of allylic oxidation sites excluding steroid dienone is 1. The second kappa shape index (κ2) is 6.29. The van der Waals surface area contributed by atoms with Crippen LogP contribution in [0, 0.1) is 5.41 Å². The van der Waals surface area contributed by atoms with Gasteiger partial charge in [-0.15, -0.1) is 0 Å². The molecule has 2 heterocycles. The van der Waals surface area contributed by atoms with E-state index in [-0.39, 0.29) is 12.6 Å². The number of hydrogen-bond donors (Lipinski definition) is 1. The monoisotopic (exact) mass is 301 g/mol. The van der Waals surface area contributed by atoms with E-state index >= 15 is 0 Å². The zero-order chi connectivity index (χ0) is 15.4. The molecule has 1 aromatic heterocycles. The Balaban J connectivity index is 1.99. The van der Waals surface area contributed by atoms with E-state index in [0.717, 1.165) is 5.56 Å². The highest BCUT2D eigenvalue weighted by molar-refractivity contribution is 5.52. The van der Waals surface area contributed by atoms with Gasteiger partial charge in [0.05, 0.1) is 24.3 Å². The molecule has 116 valence electrons. The van der Waals surface area contributed by atoms with Gasteiger partial charge in [0.2, 0.25) is 0 Å². The van der Waals surface area contributed by atoms with E-state index in [1.807, 2.05) is 37.3 Å². The van der Waals surface area contributed by atoms with Crippen molar-refractivity contribution in [3.05, 3.63) is 54.3 Å². The normalized spacial score (nSPS) is 18.8. The Kier molecular flexibility index (Phi) is 4.22. The van der Waals surface area contributed by atoms with Crippen LogP contribution in [-0.2, 0) is 15.9 Å². The standard InChI is InChI=1S/C16H19N3O3/c1-16(8-21-12-22-9-16)15(20)14(19-11-17-10-18-19)7-13-5-3-2-4-6-13/h2-6,10-11,20H,7-9,12H2,1H3/b15-14+. The molecule has 1 aliphatic heterocycles. The highest BCUT2D eigenvalue weighted by Gasteiger charge is 2.35. The fraction of sp³-hybridized carbons (Fsp3) is 0.375. The van der Waals surface area contributed by atoms with E-state index in [1.165, 1.54) is 6.33 Å². The van der Waals surface area contributed by atoms with Gasteiger partial charge in [0.1, 0.15) is 25.2 Å². The fourth-order valence-electron chi connectivity index (χ4n) is 2.53. The Morgan fingerprint density at radius 1 is 1.27 bits per heavy atom. The first-order valence-corrected chi connectivity index (χ1v) is 7.16. The van der Waals surface area contributed by atoms with Gasteiger partial charge >= 0.3 is 0 Å². The lowest BCUT2D eigenvalue weighted by Gasteiger charge is -2.33. The molecule has 6 nitrogen and oxygen atoms in total. The number of ether oxygens (including phenoxy) is 2. The summed E-state index contributed by atoms with van der Waals surface area (Å²) in [6, 6.07) is 9.94. The second-order valence-electron chi connectivity index (χ2n) is 5.67. The van der Waals surface area contributed by atoms with Crippen LogP contribution in [0.2, 0.25) is 0 Å². The van der Waals surface area contributed by atoms with Crippen LogP contribution in [0.1, 0.15) is 12.5 Å². The van der Waals surface area contributed by atoms with Gasteiger partial charge in [-0.3, -0.25) is 0 Å². The van der Waals surface area contributed by atoms with E-state index in [1.54, 1.807) is 11.0 Å². The topological polar surface area (TPSA) is 69.4 Å². The zero-order valence-electron chi connectivity index (χ0n) is 12.5. The minimum absolute atomic E-state index is 0.224. The SMILES string of the molecule is CC1(/C(O)=C(/Cc2ccccc2)n2cncn2)COCOC1. The van der Waals surface area contributed by atoms with Crippen LogP contribution >= 0.6 is 0 Å².